The van der Waals surface area contributed by atoms with Crippen molar-refractivity contribution in [1.82, 2.24) is 24.9 Å². The highest BCUT2D eigenvalue weighted by molar-refractivity contribution is 5.82. The second kappa shape index (κ2) is 12.3. The van der Waals surface area contributed by atoms with Crippen LogP contribution in [0.1, 0.15) is 79.6 Å². The number of hydrogen-bond donors (Lipinski definition) is 2. The van der Waals surface area contributed by atoms with Crippen molar-refractivity contribution in [3.63, 3.8) is 0 Å². The lowest BCUT2D eigenvalue weighted by Crippen LogP contribution is -2.41. The summed E-state index contributed by atoms with van der Waals surface area (Å²) in [5.41, 5.74) is 6.82. The van der Waals surface area contributed by atoms with Crippen LogP contribution in [0.3, 0.4) is 0 Å². The fraction of sp³-hybridized carbons (Fsp3) is 0.441. The Labute approximate surface area is 270 Å². The summed E-state index contributed by atoms with van der Waals surface area (Å²) in [5, 5.41) is 26.1. The molecule has 2 unspecified atom stereocenters. The third-order valence-electron chi connectivity index (χ3n) is 9.07. The number of benzene rings is 2. The van der Waals surface area contributed by atoms with Crippen LogP contribution in [0.4, 0.5) is 13.2 Å². The van der Waals surface area contributed by atoms with Gasteiger partial charge in [-0.05, 0) is 93.5 Å². The number of fused-ring (bicyclic) bond motifs is 3. The topological polar surface area (TPSA) is 131 Å². The number of halogens is 3. The summed E-state index contributed by atoms with van der Waals surface area (Å²) < 4.78 is 39.9. The highest BCUT2D eigenvalue weighted by Gasteiger charge is 2.42. The molecule has 0 saturated heterocycles. The molecule has 1 aliphatic carbocycles. The van der Waals surface area contributed by atoms with Crippen LogP contribution in [0.2, 0.25) is 0 Å². The lowest BCUT2D eigenvalue weighted by molar-refractivity contribution is -0.192. The van der Waals surface area contributed by atoms with Crippen LogP contribution >= 0.6 is 0 Å². The van der Waals surface area contributed by atoms with Crippen molar-refractivity contribution >= 4 is 23.0 Å². The zero-order valence-electron chi connectivity index (χ0n) is 27.1. The van der Waals surface area contributed by atoms with Crippen LogP contribution in [0.25, 0.3) is 11.0 Å². The van der Waals surface area contributed by atoms with Gasteiger partial charge in [0.2, 0.25) is 0 Å². The van der Waals surface area contributed by atoms with E-state index in [4.69, 9.17) is 14.6 Å². The number of pyridine rings is 1. The van der Waals surface area contributed by atoms with Gasteiger partial charge >= 0.3 is 18.1 Å². The first-order chi connectivity index (χ1) is 21.9. The zero-order valence-corrected chi connectivity index (χ0v) is 27.1. The Morgan fingerprint density at radius 1 is 1.09 bits per heavy atom. The standard InChI is InChI=1S/C32H37N5O3.C2HF3O2/c1-19-22(12-14-26-29(19)34-35-36(26)6)28(32(4,5)30(38)39)21-10-9-20-11-13-25(23(20)16-21)37-17-24-27(8-7-15-33-24)40-31(2,3)18-37;3-2(4,5)1(6)7/h7-10,12,14-16,25,28H,11,13,17-18H2,1-6H3,(H,38,39);(H,6,7). The molecule has 2 aromatic heterocycles. The molecule has 0 radical (unpaired) electrons. The quantitative estimate of drug-likeness (QED) is 0.258. The number of ether oxygens (including phenoxy) is 1. The third kappa shape index (κ3) is 6.67. The molecule has 0 bridgehead atoms. The van der Waals surface area contributed by atoms with Crippen LogP contribution in [-0.2, 0) is 29.6 Å². The minimum absolute atomic E-state index is 0.197. The van der Waals surface area contributed by atoms with Gasteiger partial charge in [-0.1, -0.05) is 29.5 Å². The first-order valence-corrected chi connectivity index (χ1v) is 15.2. The molecule has 2 atom stereocenters. The summed E-state index contributed by atoms with van der Waals surface area (Å²) in [6.45, 7) is 11.4. The normalized spacial score (nSPS) is 18.3. The number of carboxylic acid groups (broad SMARTS) is 2. The molecular weight excluding hydrogens is 615 g/mol. The fourth-order valence-corrected chi connectivity index (χ4v) is 6.75. The number of aliphatic carboxylic acids is 2. The maximum absolute atomic E-state index is 12.7. The SMILES string of the molecule is Cc1c(C(c2ccc3c(c2)C(N2Cc4ncccc4OC(C)(C)C2)CC3)C(C)(C)C(=O)O)ccc2c1nnn2C.O=C(O)C(F)(F)F. The molecule has 2 N–H and O–H groups in total. The van der Waals surface area contributed by atoms with E-state index in [1.165, 1.54) is 11.1 Å². The van der Waals surface area contributed by atoms with Gasteiger partial charge < -0.3 is 14.9 Å². The average molecular weight is 654 g/mol. The lowest BCUT2D eigenvalue weighted by Gasteiger charge is -2.35. The fourth-order valence-electron chi connectivity index (χ4n) is 6.75. The van der Waals surface area contributed by atoms with Gasteiger partial charge in [-0.25, -0.2) is 9.48 Å². The summed E-state index contributed by atoms with van der Waals surface area (Å²) >= 11 is 0. The maximum atomic E-state index is 12.7. The Balaban J connectivity index is 0.000000559. The van der Waals surface area contributed by atoms with E-state index in [9.17, 15) is 23.1 Å². The summed E-state index contributed by atoms with van der Waals surface area (Å²) in [5.74, 6) is -3.11. The molecule has 10 nitrogen and oxygen atoms in total. The molecular formula is C34H38F3N5O5. The molecule has 0 saturated carbocycles. The molecule has 3 heterocycles. The van der Waals surface area contributed by atoms with E-state index in [0.717, 1.165) is 58.6 Å². The van der Waals surface area contributed by atoms with Gasteiger partial charge in [-0.3, -0.25) is 14.7 Å². The Morgan fingerprint density at radius 2 is 1.79 bits per heavy atom. The van der Waals surface area contributed by atoms with Gasteiger partial charge in [0, 0.05) is 38.3 Å². The molecule has 47 heavy (non-hydrogen) atoms. The van der Waals surface area contributed by atoms with Crippen LogP contribution in [-0.4, -0.2) is 65.4 Å². The van der Waals surface area contributed by atoms with Crippen LogP contribution in [0, 0.1) is 12.3 Å². The molecule has 0 amide bonds. The molecule has 0 fully saturated rings. The molecule has 0 spiro atoms. The summed E-state index contributed by atoms with van der Waals surface area (Å²) in [4.78, 5) is 28.7. The van der Waals surface area contributed by atoms with Crippen molar-refractivity contribution in [3.05, 3.63) is 82.2 Å². The number of hydrogen-bond acceptors (Lipinski definition) is 7. The van der Waals surface area contributed by atoms with Gasteiger partial charge in [-0.2, -0.15) is 13.2 Å². The first-order valence-electron chi connectivity index (χ1n) is 15.2. The minimum atomic E-state index is -5.08. The maximum Gasteiger partial charge on any atom is 0.490 e. The molecule has 2 aromatic carbocycles. The third-order valence-corrected chi connectivity index (χ3v) is 9.07. The monoisotopic (exact) mass is 653 g/mol. The Kier molecular flexibility index (Phi) is 8.82. The number of carboxylic acids is 2. The van der Waals surface area contributed by atoms with Crippen LogP contribution in [0.15, 0.2) is 48.7 Å². The van der Waals surface area contributed by atoms with E-state index in [0.29, 0.717) is 6.54 Å². The van der Waals surface area contributed by atoms with Crippen molar-refractivity contribution in [2.75, 3.05) is 6.54 Å². The largest absolute Gasteiger partial charge is 0.490 e. The number of rotatable bonds is 5. The van der Waals surface area contributed by atoms with Gasteiger partial charge in [-0.15, -0.1) is 5.10 Å². The van der Waals surface area contributed by atoms with E-state index in [1.54, 1.807) is 4.68 Å². The van der Waals surface area contributed by atoms with E-state index in [2.05, 4.69) is 58.3 Å². The molecule has 6 rings (SSSR count). The number of alkyl halides is 3. The summed E-state index contributed by atoms with van der Waals surface area (Å²) in [6, 6.07) is 14.8. The van der Waals surface area contributed by atoms with Crippen LogP contribution < -0.4 is 4.74 Å². The molecule has 13 heteroatoms. The van der Waals surface area contributed by atoms with E-state index in [-0.39, 0.29) is 17.6 Å². The lowest BCUT2D eigenvalue weighted by atomic mass is 9.69. The predicted octanol–water partition coefficient (Wildman–Crippen LogP) is 6.21. The molecule has 2 aliphatic rings. The highest BCUT2D eigenvalue weighted by atomic mass is 19.4. The first kappa shape index (κ1) is 33.8. The van der Waals surface area contributed by atoms with E-state index < -0.39 is 23.5 Å². The highest BCUT2D eigenvalue weighted by Crippen LogP contribution is 2.47. The smallest absolute Gasteiger partial charge is 0.485 e. The van der Waals surface area contributed by atoms with Crippen molar-refractivity contribution in [2.24, 2.45) is 12.5 Å². The Morgan fingerprint density at radius 3 is 2.45 bits per heavy atom. The van der Waals surface area contributed by atoms with Crippen LogP contribution in [0.5, 0.6) is 5.75 Å². The van der Waals surface area contributed by atoms with Crippen molar-refractivity contribution in [1.29, 1.82) is 0 Å². The molecule has 250 valence electrons. The summed E-state index contributed by atoms with van der Waals surface area (Å²) in [6.07, 6.45) is -1.26. The van der Waals surface area contributed by atoms with Gasteiger partial charge in [0.25, 0.3) is 0 Å². The van der Waals surface area contributed by atoms with Gasteiger partial charge in [0.05, 0.1) is 16.6 Å². The molecule has 4 aromatic rings. The Hall–Kier alpha value is -4.52. The number of aromatic nitrogens is 4. The summed E-state index contributed by atoms with van der Waals surface area (Å²) in [7, 11) is 1.87. The molecule has 1 aliphatic heterocycles. The van der Waals surface area contributed by atoms with E-state index in [1.807, 2.05) is 52.2 Å². The van der Waals surface area contributed by atoms with E-state index >= 15 is 0 Å². The van der Waals surface area contributed by atoms with Gasteiger partial charge in [0.15, 0.2) is 0 Å². The zero-order chi connectivity index (χ0) is 34.5. The van der Waals surface area contributed by atoms with Crippen molar-refractivity contribution in [2.45, 2.75) is 77.7 Å². The number of carbonyl (C=O) groups is 2. The average Bonchev–Trinajstić information content (AvgIpc) is 3.54. The second-order valence-corrected chi connectivity index (χ2v) is 13.4. The number of aryl methyl sites for hydroxylation is 3. The Bertz CT molecular complexity index is 1830. The predicted molar refractivity (Wildman–Crippen MR) is 167 cm³/mol. The number of nitrogens with zero attached hydrogens (tertiary/aromatic N) is 5. The second-order valence-electron chi connectivity index (χ2n) is 13.4. The van der Waals surface area contributed by atoms with Crippen molar-refractivity contribution in [3.8, 4) is 5.75 Å². The van der Waals surface area contributed by atoms with Crippen molar-refractivity contribution < 1.29 is 37.7 Å². The van der Waals surface area contributed by atoms with Gasteiger partial charge in [0.1, 0.15) is 16.9 Å². The minimum Gasteiger partial charge on any atom is -0.485 e.